The predicted octanol–water partition coefficient (Wildman–Crippen LogP) is 2.13. The minimum absolute atomic E-state index is 0.0609. The number of nitrogens with one attached hydrogen (secondary N) is 1. The highest BCUT2D eigenvalue weighted by molar-refractivity contribution is 6.32. The second kappa shape index (κ2) is 5.93. The van der Waals surface area contributed by atoms with Crippen molar-refractivity contribution >= 4 is 29.2 Å². The Hall–Kier alpha value is -1.76. The van der Waals surface area contributed by atoms with Gasteiger partial charge in [-0.25, -0.2) is 14.8 Å². The van der Waals surface area contributed by atoms with E-state index in [2.05, 4.69) is 15.3 Å². The summed E-state index contributed by atoms with van der Waals surface area (Å²) in [6.07, 6.45) is 1.84. The van der Waals surface area contributed by atoms with Gasteiger partial charge in [0.2, 0.25) is 0 Å². The Labute approximate surface area is 128 Å². The van der Waals surface area contributed by atoms with Crippen LogP contribution < -0.4 is 11.1 Å². The Bertz CT molecular complexity index is 532. The van der Waals surface area contributed by atoms with Crippen LogP contribution >= 0.6 is 11.6 Å². The second-order valence-electron chi connectivity index (χ2n) is 5.98. The smallest absolute Gasteiger partial charge is 0.410 e. The van der Waals surface area contributed by atoms with Gasteiger partial charge in [-0.1, -0.05) is 11.6 Å². The topological polar surface area (TPSA) is 93.4 Å². The molecule has 116 valence electrons. The number of nitrogens with two attached hydrogens (primary N) is 1. The van der Waals surface area contributed by atoms with Crippen LogP contribution in [0.25, 0.3) is 0 Å². The number of carbonyl (C=O) groups excluding carboxylic acids is 1. The predicted molar refractivity (Wildman–Crippen MR) is 81.3 cm³/mol. The van der Waals surface area contributed by atoms with E-state index in [0.717, 1.165) is 6.42 Å². The maximum atomic E-state index is 12.0. The molecule has 21 heavy (non-hydrogen) atoms. The molecule has 7 nitrogen and oxygen atoms in total. The lowest BCUT2D eigenvalue weighted by Gasteiger charge is -2.24. The highest BCUT2D eigenvalue weighted by Gasteiger charge is 2.30. The number of carbonyl (C=O) groups is 1. The Morgan fingerprint density at radius 1 is 1.52 bits per heavy atom. The molecule has 1 aromatic rings. The molecule has 1 amide bonds. The molecule has 1 aromatic heterocycles. The average molecular weight is 314 g/mol. The average Bonchev–Trinajstić information content (AvgIpc) is 2.82. The Balaban J connectivity index is 1.94. The van der Waals surface area contributed by atoms with Crippen molar-refractivity contribution in [1.82, 2.24) is 14.9 Å². The van der Waals surface area contributed by atoms with E-state index in [-0.39, 0.29) is 17.3 Å². The van der Waals surface area contributed by atoms with E-state index < -0.39 is 5.60 Å². The number of nitrogens with zero attached hydrogens (tertiary/aromatic N) is 3. The summed E-state index contributed by atoms with van der Waals surface area (Å²) in [5.74, 6) is 0.492. The van der Waals surface area contributed by atoms with Crippen molar-refractivity contribution < 1.29 is 9.53 Å². The van der Waals surface area contributed by atoms with E-state index in [0.29, 0.717) is 24.6 Å². The van der Waals surface area contributed by atoms with Crippen molar-refractivity contribution in [2.75, 3.05) is 24.1 Å². The first-order valence-electron chi connectivity index (χ1n) is 6.76. The highest BCUT2D eigenvalue weighted by atomic mass is 35.5. The molecule has 0 aromatic carbocycles. The van der Waals surface area contributed by atoms with Gasteiger partial charge in [-0.05, 0) is 27.2 Å². The van der Waals surface area contributed by atoms with Gasteiger partial charge in [0.25, 0.3) is 0 Å². The lowest BCUT2D eigenvalue weighted by atomic mass is 10.2. The molecule has 0 aliphatic carbocycles. The summed E-state index contributed by atoms with van der Waals surface area (Å²) < 4.78 is 5.35. The first kappa shape index (κ1) is 15.6. The molecule has 1 fully saturated rings. The Morgan fingerprint density at radius 3 is 2.90 bits per heavy atom. The number of nitrogen functional groups attached to an aromatic ring is 1. The maximum absolute atomic E-state index is 12.0. The number of halogens is 1. The van der Waals surface area contributed by atoms with Crippen molar-refractivity contribution in [3.8, 4) is 0 Å². The third-order valence-corrected chi connectivity index (χ3v) is 3.32. The van der Waals surface area contributed by atoms with Crippen LogP contribution in [0.5, 0.6) is 0 Å². The molecule has 1 saturated heterocycles. The zero-order chi connectivity index (χ0) is 15.6. The lowest BCUT2D eigenvalue weighted by molar-refractivity contribution is 0.0293. The number of rotatable bonds is 2. The van der Waals surface area contributed by atoms with Crippen molar-refractivity contribution in [2.45, 2.75) is 38.8 Å². The molecule has 0 bridgehead atoms. The molecule has 2 heterocycles. The number of hydrogen-bond acceptors (Lipinski definition) is 6. The van der Waals surface area contributed by atoms with Crippen LogP contribution in [0.15, 0.2) is 6.33 Å². The quantitative estimate of drug-likeness (QED) is 0.812. The van der Waals surface area contributed by atoms with Crippen molar-refractivity contribution in [3.63, 3.8) is 0 Å². The van der Waals surface area contributed by atoms with Gasteiger partial charge >= 0.3 is 6.09 Å². The summed E-state index contributed by atoms with van der Waals surface area (Å²) in [6, 6.07) is 0.0609. The lowest BCUT2D eigenvalue weighted by Crippen LogP contribution is -2.36. The molecular formula is C13H20ClN5O2. The number of hydrogen-bond donors (Lipinski definition) is 2. The van der Waals surface area contributed by atoms with Crippen LogP contribution in [0, 0.1) is 0 Å². The molecule has 0 spiro atoms. The molecule has 2 rings (SSSR count). The van der Waals surface area contributed by atoms with Gasteiger partial charge < -0.3 is 20.7 Å². The van der Waals surface area contributed by atoms with E-state index >= 15 is 0 Å². The largest absolute Gasteiger partial charge is 0.444 e. The molecule has 1 aliphatic rings. The van der Waals surface area contributed by atoms with Gasteiger partial charge in [-0.15, -0.1) is 0 Å². The number of amides is 1. The van der Waals surface area contributed by atoms with Gasteiger partial charge in [0.1, 0.15) is 17.6 Å². The number of likely N-dealkylation sites (tertiary alicyclic amines) is 1. The fraction of sp³-hybridized carbons (Fsp3) is 0.615. The zero-order valence-corrected chi connectivity index (χ0v) is 13.1. The molecule has 0 unspecified atom stereocenters. The first-order chi connectivity index (χ1) is 9.76. The van der Waals surface area contributed by atoms with E-state index in [1.165, 1.54) is 6.33 Å². The molecular weight excluding hydrogens is 294 g/mol. The van der Waals surface area contributed by atoms with Gasteiger partial charge in [0.15, 0.2) is 11.0 Å². The van der Waals surface area contributed by atoms with Crippen LogP contribution in [0.3, 0.4) is 0 Å². The fourth-order valence-corrected chi connectivity index (χ4v) is 2.19. The molecule has 1 aliphatic heterocycles. The molecule has 1 atom stereocenters. The summed E-state index contributed by atoms with van der Waals surface area (Å²) in [6.45, 7) is 6.71. The van der Waals surface area contributed by atoms with Crippen LogP contribution in [0.1, 0.15) is 27.2 Å². The monoisotopic (exact) mass is 313 g/mol. The van der Waals surface area contributed by atoms with Crippen LogP contribution in [-0.4, -0.2) is 45.7 Å². The van der Waals surface area contributed by atoms with E-state index in [1.54, 1.807) is 4.90 Å². The SMILES string of the molecule is CC(C)(C)OC(=O)N1CC[C@H](Nc2ncnc(Cl)c2N)C1. The van der Waals surface area contributed by atoms with E-state index in [4.69, 9.17) is 22.1 Å². The van der Waals surface area contributed by atoms with Crippen LogP contribution in [0.2, 0.25) is 5.15 Å². The van der Waals surface area contributed by atoms with Crippen LogP contribution in [0.4, 0.5) is 16.3 Å². The minimum Gasteiger partial charge on any atom is -0.444 e. The van der Waals surface area contributed by atoms with Gasteiger partial charge in [-0.2, -0.15) is 0 Å². The summed E-state index contributed by atoms with van der Waals surface area (Å²) in [7, 11) is 0. The third kappa shape index (κ3) is 4.10. The summed E-state index contributed by atoms with van der Waals surface area (Å²) >= 11 is 5.85. The molecule has 8 heteroatoms. The molecule has 0 radical (unpaired) electrons. The summed E-state index contributed by atoms with van der Waals surface area (Å²) in [5, 5.41) is 3.40. The summed E-state index contributed by atoms with van der Waals surface area (Å²) in [5.41, 5.74) is 5.64. The minimum atomic E-state index is -0.493. The summed E-state index contributed by atoms with van der Waals surface area (Å²) in [4.78, 5) is 21.5. The Morgan fingerprint density at radius 2 is 2.24 bits per heavy atom. The van der Waals surface area contributed by atoms with Gasteiger partial charge in [0, 0.05) is 19.1 Å². The zero-order valence-electron chi connectivity index (χ0n) is 12.4. The van der Waals surface area contributed by atoms with Crippen LogP contribution in [-0.2, 0) is 4.74 Å². The fourth-order valence-electron chi connectivity index (χ4n) is 2.05. The van der Waals surface area contributed by atoms with Gasteiger partial charge in [-0.3, -0.25) is 0 Å². The highest BCUT2D eigenvalue weighted by Crippen LogP contribution is 2.24. The maximum Gasteiger partial charge on any atom is 0.410 e. The number of ether oxygens (including phenoxy) is 1. The normalized spacial score (nSPS) is 18.7. The molecule has 3 N–H and O–H groups in total. The van der Waals surface area contributed by atoms with Crippen molar-refractivity contribution in [1.29, 1.82) is 0 Å². The molecule has 0 saturated carbocycles. The standard InChI is InChI=1S/C13H20ClN5O2/c1-13(2,3)21-12(20)19-5-4-8(6-19)18-11-9(15)10(14)16-7-17-11/h7-8H,4-6,15H2,1-3H3,(H,16,17,18)/t8-/m0/s1. The van der Waals surface area contributed by atoms with E-state index in [9.17, 15) is 4.79 Å². The Kier molecular flexibility index (Phi) is 4.41. The van der Waals surface area contributed by atoms with E-state index in [1.807, 2.05) is 20.8 Å². The number of anilines is 2. The second-order valence-corrected chi connectivity index (χ2v) is 6.34. The van der Waals surface area contributed by atoms with Gasteiger partial charge in [0.05, 0.1) is 0 Å². The van der Waals surface area contributed by atoms with Crippen molar-refractivity contribution in [2.24, 2.45) is 0 Å². The number of aromatic nitrogens is 2. The van der Waals surface area contributed by atoms with Crippen molar-refractivity contribution in [3.05, 3.63) is 11.5 Å². The third-order valence-electron chi connectivity index (χ3n) is 3.02. The first-order valence-corrected chi connectivity index (χ1v) is 7.14.